The third-order valence-electron chi connectivity index (χ3n) is 2.69. The van der Waals surface area contributed by atoms with Crippen LogP contribution >= 0.6 is 11.6 Å². The summed E-state index contributed by atoms with van der Waals surface area (Å²) in [5.41, 5.74) is 0.814. The highest BCUT2D eigenvalue weighted by molar-refractivity contribution is 6.31. The Morgan fingerprint density at radius 2 is 2.19 bits per heavy atom. The van der Waals surface area contributed by atoms with Gasteiger partial charge in [0.05, 0.1) is 17.2 Å². The molecule has 110 valence electrons. The lowest BCUT2D eigenvalue weighted by atomic mass is 10.1. The SMILES string of the molecule is CC(C)(O)C(=O)N/N=C/c1coc2ccc(Cl)cc2c1=O. The summed E-state index contributed by atoms with van der Waals surface area (Å²) in [6, 6.07) is 4.70. The molecule has 2 N–H and O–H groups in total. The van der Waals surface area contributed by atoms with Crippen molar-refractivity contribution in [1.29, 1.82) is 0 Å². The van der Waals surface area contributed by atoms with Crippen molar-refractivity contribution in [3.63, 3.8) is 0 Å². The molecule has 1 aromatic carbocycles. The van der Waals surface area contributed by atoms with Gasteiger partial charge in [0, 0.05) is 5.02 Å². The highest BCUT2D eigenvalue weighted by Gasteiger charge is 2.22. The van der Waals surface area contributed by atoms with Crippen molar-refractivity contribution in [2.45, 2.75) is 19.4 Å². The van der Waals surface area contributed by atoms with Crippen LogP contribution in [0.2, 0.25) is 5.02 Å². The van der Waals surface area contributed by atoms with Crippen LogP contribution in [0, 0.1) is 0 Å². The van der Waals surface area contributed by atoms with Crippen LogP contribution in [0.25, 0.3) is 11.0 Å². The normalized spacial score (nSPS) is 12.0. The van der Waals surface area contributed by atoms with Crippen LogP contribution < -0.4 is 10.9 Å². The molecular formula is C14H13ClN2O4. The molecule has 0 unspecified atom stereocenters. The second kappa shape index (κ2) is 5.67. The minimum Gasteiger partial charge on any atom is -0.463 e. The van der Waals surface area contributed by atoms with Crippen LogP contribution in [-0.4, -0.2) is 22.8 Å². The summed E-state index contributed by atoms with van der Waals surface area (Å²) in [5, 5.41) is 13.8. The average Bonchev–Trinajstić information content (AvgIpc) is 2.40. The van der Waals surface area contributed by atoms with Gasteiger partial charge in [0.2, 0.25) is 5.43 Å². The lowest BCUT2D eigenvalue weighted by Gasteiger charge is -2.13. The van der Waals surface area contributed by atoms with E-state index < -0.39 is 11.5 Å². The van der Waals surface area contributed by atoms with E-state index >= 15 is 0 Å². The molecule has 1 amide bonds. The van der Waals surface area contributed by atoms with E-state index in [0.29, 0.717) is 16.0 Å². The third kappa shape index (κ3) is 3.48. The molecule has 7 heteroatoms. The Morgan fingerprint density at radius 3 is 2.86 bits per heavy atom. The number of halogens is 1. The Hall–Kier alpha value is -2.18. The van der Waals surface area contributed by atoms with Gasteiger partial charge in [-0.25, -0.2) is 5.43 Å². The van der Waals surface area contributed by atoms with Crippen molar-refractivity contribution >= 4 is 34.7 Å². The zero-order valence-corrected chi connectivity index (χ0v) is 12.1. The molecule has 0 spiro atoms. The summed E-state index contributed by atoms with van der Waals surface area (Å²) in [5.74, 6) is -0.688. The predicted octanol–water partition coefficient (Wildman–Crippen LogP) is 1.67. The Kier molecular flexibility index (Phi) is 4.11. The highest BCUT2D eigenvalue weighted by Crippen LogP contribution is 2.16. The number of nitrogens with one attached hydrogen (secondary N) is 1. The molecule has 0 fully saturated rings. The minimum atomic E-state index is -1.56. The number of fused-ring (bicyclic) bond motifs is 1. The summed E-state index contributed by atoms with van der Waals surface area (Å²) >= 11 is 5.84. The third-order valence-corrected chi connectivity index (χ3v) is 2.92. The molecule has 1 aromatic heterocycles. The van der Waals surface area contributed by atoms with Gasteiger partial charge in [0.1, 0.15) is 17.4 Å². The summed E-state index contributed by atoms with van der Waals surface area (Å²) in [7, 11) is 0. The van der Waals surface area contributed by atoms with Gasteiger partial charge in [-0.15, -0.1) is 0 Å². The van der Waals surface area contributed by atoms with Gasteiger partial charge in [-0.1, -0.05) is 11.6 Å². The number of hydrogen-bond donors (Lipinski definition) is 2. The quantitative estimate of drug-likeness (QED) is 0.666. The van der Waals surface area contributed by atoms with E-state index in [4.69, 9.17) is 16.0 Å². The maximum Gasteiger partial charge on any atom is 0.271 e. The van der Waals surface area contributed by atoms with Crippen molar-refractivity contribution in [2.75, 3.05) is 0 Å². The van der Waals surface area contributed by atoms with Crippen LogP contribution in [0.5, 0.6) is 0 Å². The van der Waals surface area contributed by atoms with Crippen LogP contribution in [0.15, 0.2) is 38.8 Å². The minimum absolute atomic E-state index is 0.154. The first-order chi connectivity index (χ1) is 9.79. The molecule has 2 aromatic rings. The van der Waals surface area contributed by atoms with E-state index in [1.165, 1.54) is 26.2 Å². The maximum atomic E-state index is 12.2. The van der Waals surface area contributed by atoms with Crippen molar-refractivity contribution in [3.05, 3.63) is 45.3 Å². The molecule has 21 heavy (non-hydrogen) atoms. The lowest BCUT2D eigenvalue weighted by Crippen LogP contribution is -2.39. The summed E-state index contributed by atoms with van der Waals surface area (Å²) in [6.45, 7) is 2.65. The standard InChI is InChI=1S/C14H13ClN2O4/c1-14(2,20)13(19)17-16-6-8-7-21-11-4-3-9(15)5-10(11)12(8)18/h3-7,20H,1-2H3,(H,17,19)/b16-6+. The number of benzene rings is 1. The van der Waals surface area contributed by atoms with E-state index in [-0.39, 0.29) is 11.0 Å². The van der Waals surface area contributed by atoms with Gasteiger partial charge in [-0.3, -0.25) is 9.59 Å². The first-order valence-corrected chi connectivity index (χ1v) is 6.44. The molecule has 6 nitrogen and oxygen atoms in total. The van der Waals surface area contributed by atoms with Gasteiger partial charge in [-0.05, 0) is 32.0 Å². The largest absolute Gasteiger partial charge is 0.463 e. The van der Waals surface area contributed by atoms with E-state index in [1.54, 1.807) is 12.1 Å². The number of rotatable bonds is 3. The van der Waals surface area contributed by atoms with Gasteiger partial charge in [0.25, 0.3) is 5.91 Å². The number of nitrogens with zero attached hydrogens (tertiary/aromatic N) is 1. The molecule has 0 bridgehead atoms. The number of aliphatic hydroxyl groups is 1. The molecule has 0 radical (unpaired) electrons. The zero-order valence-electron chi connectivity index (χ0n) is 11.4. The number of hydrazone groups is 1. The second-order valence-electron chi connectivity index (χ2n) is 4.92. The maximum absolute atomic E-state index is 12.2. The zero-order chi connectivity index (χ0) is 15.6. The highest BCUT2D eigenvalue weighted by atomic mass is 35.5. The van der Waals surface area contributed by atoms with E-state index in [0.717, 1.165) is 6.21 Å². The fourth-order valence-corrected chi connectivity index (χ4v) is 1.68. The Bertz CT molecular complexity index is 775. The first-order valence-electron chi connectivity index (χ1n) is 6.06. The number of carbonyl (C=O) groups is 1. The average molecular weight is 309 g/mol. The van der Waals surface area contributed by atoms with Crippen molar-refractivity contribution < 1.29 is 14.3 Å². The van der Waals surface area contributed by atoms with Crippen LogP contribution in [-0.2, 0) is 4.79 Å². The topological polar surface area (TPSA) is 91.9 Å². The van der Waals surface area contributed by atoms with Gasteiger partial charge in [-0.2, -0.15) is 5.10 Å². The smallest absolute Gasteiger partial charge is 0.271 e. The predicted molar refractivity (Wildman–Crippen MR) is 79.5 cm³/mol. The second-order valence-corrected chi connectivity index (χ2v) is 5.36. The van der Waals surface area contributed by atoms with Crippen LogP contribution in [0.1, 0.15) is 19.4 Å². The van der Waals surface area contributed by atoms with Gasteiger partial charge < -0.3 is 9.52 Å². The fourth-order valence-electron chi connectivity index (χ4n) is 1.50. The Balaban J connectivity index is 2.29. The fraction of sp³-hybridized carbons (Fsp3) is 0.214. The van der Waals surface area contributed by atoms with Crippen molar-refractivity contribution in [3.8, 4) is 0 Å². The number of hydrogen-bond acceptors (Lipinski definition) is 5. The molecule has 0 atom stereocenters. The van der Waals surface area contributed by atoms with E-state index in [1.807, 2.05) is 0 Å². The molecule has 1 heterocycles. The van der Waals surface area contributed by atoms with Crippen LogP contribution in [0.4, 0.5) is 0 Å². The Morgan fingerprint density at radius 1 is 1.48 bits per heavy atom. The molecule has 2 rings (SSSR count). The summed E-state index contributed by atoms with van der Waals surface area (Å²) in [6.07, 6.45) is 2.38. The summed E-state index contributed by atoms with van der Waals surface area (Å²) < 4.78 is 5.29. The number of amides is 1. The molecular weight excluding hydrogens is 296 g/mol. The molecule has 0 aliphatic rings. The molecule has 0 aliphatic heterocycles. The van der Waals surface area contributed by atoms with Gasteiger partial charge in [0.15, 0.2) is 0 Å². The van der Waals surface area contributed by atoms with Crippen molar-refractivity contribution in [1.82, 2.24) is 5.43 Å². The Labute approximate surface area is 125 Å². The van der Waals surface area contributed by atoms with Crippen molar-refractivity contribution in [2.24, 2.45) is 5.10 Å². The molecule has 0 saturated carbocycles. The lowest BCUT2D eigenvalue weighted by molar-refractivity contribution is -0.136. The molecule has 0 saturated heterocycles. The first kappa shape index (κ1) is 15.2. The van der Waals surface area contributed by atoms with E-state index in [2.05, 4.69) is 10.5 Å². The van der Waals surface area contributed by atoms with Crippen LogP contribution in [0.3, 0.4) is 0 Å². The monoisotopic (exact) mass is 308 g/mol. The van der Waals surface area contributed by atoms with E-state index in [9.17, 15) is 14.7 Å². The number of carbonyl (C=O) groups excluding carboxylic acids is 1. The summed E-state index contributed by atoms with van der Waals surface area (Å²) in [4.78, 5) is 23.6. The molecule has 0 aliphatic carbocycles. The van der Waals surface area contributed by atoms with Gasteiger partial charge >= 0.3 is 0 Å².